The van der Waals surface area contributed by atoms with Gasteiger partial charge >= 0.3 is 13.8 Å². The van der Waals surface area contributed by atoms with Crippen molar-refractivity contribution in [1.82, 2.24) is 5.32 Å². The standard InChI is InChI=1S/C75H137N2O7P/c1-7-10-13-16-19-22-25-27-29-31-33-35-37-38-40-41-43-45-47-49-52-55-58-61-64-67-74(78)76-72(71-83-85(80,81)82-70-69-77(4,5)6)73(66-63-60-57-54-51-24-21-18-15-12-9-3)84-75(79)68-65-62-59-56-53-50-48-46-44-42-39-36-34-32-30-28-26-23-20-17-14-11-8-2/h19-20,22-23,27-30,33,35,38,40,63,66,72-73H,7-18,21,24-26,31-32,34,36-37,39,41-62,64-65,67-71H2,1-6H3,(H-,76,78,80,81)/p+1/b22-19-,23-20-,29-27-,30-28-,35-33-,40-38-,66-63+. The molecule has 3 atom stereocenters. The minimum Gasteiger partial charge on any atom is -0.456 e. The zero-order chi connectivity index (χ0) is 62.1. The Kier molecular flexibility index (Phi) is 62.1. The molecule has 0 aliphatic rings. The van der Waals surface area contributed by atoms with E-state index in [1.54, 1.807) is 0 Å². The van der Waals surface area contributed by atoms with Crippen molar-refractivity contribution in [3.8, 4) is 0 Å². The number of ether oxygens (including phenoxy) is 1. The molecule has 0 aromatic heterocycles. The van der Waals surface area contributed by atoms with Gasteiger partial charge in [-0.15, -0.1) is 0 Å². The van der Waals surface area contributed by atoms with Gasteiger partial charge < -0.3 is 19.4 Å². The molecule has 0 saturated carbocycles. The number of phosphoric ester groups is 1. The quantitative estimate of drug-likeness (QED) is 0.0205. The second kappa shape index (κ2) is 64.2. The predicted octanol–water partition coefficient (Wildman–Crippen LogP) is 22.9. The van der Waals surface area contributed by atoms with Gasteiger partial charge in [-0.3, -0.25) is 18.6 Å². The number of nitrogens with one attached hydrogen (secondary N) is 1. The summed E-state index contributed by atoms with van der Waals surface area (Å²) in [7, 11) is 1.49. The summed E-state index contributed by atoms with van der Waals surface area (Å²) in [4.78, 5) is 37.9. The van der Waals surface area contributed by atoms with Gasteiger partial charge in [0, 0.05) is 12.8 Å². The lowest BCUT2D eigenvalue weighted by Crippen LogP contribution is -2.47. The molecule has 0 radical (unpaired) electrons. The van der Waals surface area contributed by atoms with E-state index < -0.39 is 20.0 Å². The van der Waals surface area contributed by atoms with Crippen molar-refractivity contribution in [2.75, 3.05) is 40.9 Å². The van der Waals surface area contributed by atoms with E-state index in [9.17, 15) is 19.0 Å². The van der Waals surface area contributed by atoms with E-state index in [4.69, 9.17) is 13.8 Å². The van der Waals surface area contributed by atoms with Crippen LogP contribution in [0.3, 0.4) is 0 Å². The van der Waals surface area contributed by atoms with Crippen LogP contribution in [0.4, 0.5) is 0 Å². The first-order chi connectivity index (χ1) is 41.4. The highest BCUT2D eigenvalue weighted by molar-refractivity contribution is 7.47. The molecule has 0 aliphatic heterocycles. The van der Waals surface area contributed by atoms with E-state index in [0.29, 0.717) is 17.4 Å². The van der Waals surface area contributed by atoms with Gasteiger partial charge in [-0.25, -0.2) is 4.57 Å². The number of nitrogens with zero attached hydrogens (tertiary/aromatic N) is 1. The molecule has 0 saturated heterocycles. The number of quaternary nitrogens is 1. The molecule has 0 aliphatic carbocycles. The Morgan fingerprint density at radius 3 is 1.09 bits per heavy atom. The zero-order valence-electron chi connectivity index (χ0n) is 56.6. The minimum atomic E-state index is -4.46. The Balaban J connectivity index is 5.03. The van der Waals surface area contributed by atoms with E-state index in [1.807, 2.05) is 33.3 Å². The second-order valence-electron chi connectivity index (χ2n) is 25.4. The topological polar surface area (TPSA) is 111 Å². The average Bonchev–Trinajstić information content (AvgIpc) is 3.64. The first-order valence-electron chi connectivity index (χ1n) is 35.9. The number of allylic oxidation sites excluding steroid dienone is 13. The van der Waals surface area contributed by atoms with Gasteiger partial charge in [0.15, 0.2) is 0 Å². The third-order valence-corrected chi connectivity index (χ3v) is 16.8. The van der Waals surface area contributed by atoms with Crippen LogP contribution in [-0.2, 0) is 27.9 Å². The van der Waals surface area contributed by atoms with Crippen LogP contribution < -0.4 is 5.32 Å². The summed E-state index contributed by atoms with van der Waals surface area (Å²) >= 11 is 0. The first-order valence-corrected chi connectivity index (χ1v) is 37.4. The number of likely N-dealkylation sites (N-methyl/N-ethyl adjacent to an activating group) is 1. The van der Waals surface area contributed by atoms with Crippen molar-refractivity contribution in [3.63, 3.8) is 0 Å². The average molecular weight is 1210 g/mol. The number of rotatable bonds is 65. The van der Waals surface area contributed by atoms with Crippen LogP contribution in [0, 0.1) is 0 Å². The van der Waals surface area contributed by atoms with Crippen LogP contribution in [0.2, 0.25) is 0 Å². The van der Waals surface area contributed by atoms with Gasteiger partial charge in [0.1, 0.15) is 19.3 Å². The van der Waals surface area contributed by atoms with Crippen LogP contribution >= 0.6 is 7.82 Å². The largest absolute Gasteiger partial charge is 0.472 e. The maximum Gasteiger partial charge on any atom is 0.472 e. The van der Waals surface area contributed by atoms with Crippen molar-refractivity contribution < 1.29 is 37.3 Å². The Hall–Kier alpha value is -2.81. The Labute approximate surface area is 526 Å². The number of carbonyl (C=O) groups excluding carboxylic acids is 2. The van der Waals surface area contributed by atoms with Gasteiger partial charge in [-0.05, 0) is 109 Å². The van der Waals surface area contributed by atoms with Crippen LogP contribution in [0.15, 0.2) is 85.1 Å². The Morgan fingerprint density at radius 2 is 0.718 bits per heavy atom. The van der Waals surface area contributed by atoms with Crippen molar-refractivity contribution in [1.29, 1.82) is 0 Å². The maximum atomic E-state index is 13.6. The SMILES string of the molecule is CCCCC/C=C\C/C=C\C/C=C\C/C=C\CCCCCCCCCCCC(=O)NC(COP(=O)(O)OCC[N+](C)(C)C)C(/C=C/CCCCCCCCCCC)OC(=O)CCCCCCCCCCCCCCC/C=C\C/C=C\CCCCC. The summed E-state index contributed by atoms with van der Waals surface area (Å²) in [6.45, 7) is 6.98. The van der Waals surface area contributed by atoms with Crippen molar-refractivity contribution in [3.05, 3.63) is 85.1 Å². The normalized spacial score (nSPS) is 14.0. The summed E-state index contributed by atoms with van der Waals surface area (Å²) in [6, 6.07) is -0.856. The van der Waals surface area contributed by atoms with Gasteiger partial charge in [0.05, 0.1) is 33.8 Å². The predicted molar refractivity (Wildman–Crippen MR) is 369 cm³/mol. The second-order valence-corrected chi connectivity index (χ2v) is 26.9. The van der Waals surface area contributed by atoms with Crippen LogP contribution in [0.5, 0.6) is 0 Å². The highest BCUT2D eigenvalue weighted by atomic mass is 31.2. The van der Waals surface area contributed by atoms with E-state index in [0.717, 1.165) is 96.3 Å². The molecule has 9 nitrogen and oxygen atoms in total. The maximum absolute atomic E-state index is 13.6. The highest BCUT2D eigenvalue weighted by Gasteiger charge is 2.30. The lowest BCUT2D eigenvalue weighted by molar-refractivity contribution is -0.870. The molecule has 1 amide bonds. The van der Waals surface area contributed by atoms with E-state index in [-0.39, 0.29) is 31.5 Å². The number of amides is 1. The molecule has 0 rings (SSSR count). The minimum absolute atomic E-state index is 0.0366. The summed E-state index contributed by atoms with van der Waals surface area (Å²) < 4.78 is 30.8. The van der Waals surface area contributed by atoms with Gasteiger partial charge in [0.25, 0.3) is 0 Å². The smallest absolute Gasteiger partial charge is 0.456 e. The molecule has 0 spiro atoms. The van der Waals surface area contributed by atoms with Crippen LogP contribution in [0.25, 0.3) is 0 Å². The highest BCUT2D eigenvalue weighted by Crippen LogP contribution is 2.43. The van der Waals surface area contributed by atoms with Crippen molar-refractivity contribution in [2.45, 2.75) is 341 Å². The summed E-state index contributed by atoms with van der Waals surface area (Å²) in [5.41, 5.74) is 0. The molecule has 85 heavy (non-hydrogen) atoms. The third kappa shape index (κ3) is 65.5. The fraction of sp³-hybridized carbons (Fsp3) is 0.787. The fourth-order valence-corrected chi connectivity index (χ4v) is 11.0. The molecule has 0 fully saturated rings. The molecule has 0 aromatic carbocycles. The monoisotopic (exact) mass is 1210 g/mol. The molecule has 0 aromatic rings. The number of carbonyl (C=O) groups is 2. The molecule has 3 unspecified atom stereocenters. The lowest BCUT2D eigenvalue weighted by Gasteiger charge is -2.27. The first kappa shape index (κ1) is 82.2. The van der Waals surface area contributed by atoms with Gasteiger partial charge in [-0.2, -0.15) is 0 Å². The van der Waals surface area contributed by atoms with E-state index in [1.165, 1.54) is 199 Å². The fourth-order valence-electron chi connectivity index (χ4n) is 10.2. The molecular weight excluding hydrogens is 1070 g/mol. The summed E-state index contributed by atoms with van der Waals surface area (Å²) in [5, 5.41) is 3.07. The number of hydrogen-bond acceptors (Lipinski definition) is 6. The Morgan fingerprint density at radius 1 is 0.412 bits per heavy atom. The molecule has 0 bridgehead atoms. The van der Waals surface area contributed by atoms with Crippen molar-refractivity contribution >= 4 is 19.7 Å². The zero-order valence-corrected chi connectivity index (χ0v) is 57.5. The van der Waals surface area contributed by atoms with Gasteiger partial charge in [-0.1, -0.05) is 292 Å². The van der Waals surface area contributed by atoms with E-state index >= 15 is 0 Å². The summed E-state index contributed by atoms with van der Waals surface area (Å²) in [5.74, 6) is -0.506. The Bertz CT molecular complexity index is 1730. The molecule has 10 heteroatoms. The number of hydrogen-bond donors (Lipinski definition) is 2. The van der Waals surface area contributed by atoms with E-state index in [2.05, 4.69) is 99.0 Å². The number of esters is 1. The number of phosphoric acid groups is 1. The third-order valence-electron chi connectivity index (χ3n) is 15.8. The van der Waals surface area contributed by atoms with Gasteiger partial charge in [0.2, 0.25) is 5.91 Å². The number of unbranched alkanes of at least 4 members (excludes halogenated alkanes) is 37. The van der Waals surface area contributed by atoms with Crippen LogP contribution in [-0.4, -0.2) is 74.3 Å². The summed E-state index contributed by atoms with van der Waals surface area (Å²) in [6.07, 6.45) is 85.9. The van der Waals surface area contributed by atoms with Crippen LogP contribution in [0.1, 0.15) is 329 Å². The molecular formula is C75H138N2O7P+. The van der Waals surface area contributed by atoms with Crippen molar-refractivity contribution in [2.24, 2.45) is 0 Å². The molecule has 2 N–H and O–H groups in total. The lowest BCUT2D eigenvalue weighted by atomic mass is 10.0. The molecule has 0 heterocycles. The molecule has 494 valence electrons.